The number of aromatic nitrogens is 2. The molecule has 180 valence electrons. The van der Waals surface area contributed by atoms with Crippen LogP contribution in [0.4, 0.5) is 0 Å². The Hall–Kier alpha value is -3.64. The maximum Gasteiger partial charge on any atom is 0.252 e. The van der Waals surface area contributed by atoms with Gasteiger partial charge in [-0.15, -0.1) is 0 Å². The zero-order valence-electron chi connectivity index (χ0n) is 19.9. The first-order valence-electron chi connectivity index (χ1n) is 11.7. The van der Waals surface area contributed by atoms with E-state index in [1.165, 1.54) is 0 Å². The lowest BCUT2D eigenvalue weighted by Gasteiger charge is -2.27. The number of fused-ring (bicyclic) bond motifs is 1. The van der Waals surface area contributed by atoms with Crippen molar-refractivity contribution in [3.63, 3.8) is 0 Å². The molecular formula is C28H29ClN4O2. The molecule has 0 unspecified atom stereocenters. The molecule has 4 aromatic rings. The van der Waals surface area contributed by atoms with E-state index in [0.29, 0.717) is 30.1 Å². The van der Waals surface area contributed by atoms with Crippen molar-refractivity contribution in [2.24, 2.45) is 0 Å². The first-order valence-corrected chi connectivity index (χ1v) is 12.1. The van der Waals surface area contributed by atoms with Gasteiger partial charge in [-0.05, 0) is 43.7 Å². The maximum absolute atomic E-state index is 13.4. The van der Waals surface area contributed by atoms with Gasteiger partial charge in [0.05, 0.1) is 21.6 Å². The Kier molecular flexibility index (Phi) is 7.83. The molecule has 1 N–H and O–H groups in total. The number of imidazole rings is 1. The summed E-state index contributed by atoms with van der Waals surface area (Å²) in [4.78, 5) is 32.6. The summed E-state index contributed by atoms with van der Waals surface area (Å²) in [6.45, 7) is 5.15. The topological polar surface area (TPSA) is 67.2 Å². The van der Waals surface area contributed by atoms with E-state index in [-0.39, 0.29) is 24.4 Å². The number of hydrogen-bond acceptors (Lipinski definition) is 3. The van der Waals surface area contributed by atoms with E-state index < -0.39 is 0 Å². The Bertz CT molecular complexity index is 1320. The highest BCUT2D eigenvalue weighted by Gasteiger charge is 2.21. The van der Waals surface area contributed by atoms with Gasteiger partial charge in [0.25, 0.3) is 5.91 Å². The van der Waals surface area contributed by atoms with Crippen molar-refractivity contribution in [3.8, 4) is 0 Å². The molecule has 0 radical (unpaired) electrons. The van der Waals surface area contributed by atoms with Crippen molar-refractivity contribution in [3.05, 3.63) is 101 Å². The van der Waals surface area contributed by atoms with Crippen LogP contribution < -0.4 is 5.32 Å². The van der Waals surface area contributed by atoms with E-state index in [0.717, 1.165) is 22.4 Å². The second-order valence-electron chi connectivity index (χ2n) is 8.69. The average molecular weight is 489 g/mol. The summed E-state index contributed by atoms with van der Waals surface area (Å²) in [6, 6.07) is 24.8. The lowest BCUT2D eigenvalue weighted by Crippen LogP contribution is -2.39. The Morgan fingerprint density at radius 1 is 0.971 bits per heavy atom. The van der Waals surface area contributed by atoms with Gasteiger partial charge in [-0.3, -0.25) is 9.59 Å². The third-order valence-corrected chi connectivity index (χ3v) is 6.25. The summed E-state index contributed by atoms with van der Waals surface area (Å²) < 4.78 is 1.96. The number of amides is 2. The number of para-hydroxylation sites is 2. The quantitative estimate of drug-likeness (QED) is 0.356. The third kappa shape index (κ3) is 5.89. The summed E-state index contributed by atoms with van der Waals surface area (Å²) in [6.07, 6.45) is 0.485. The van der Waals surface area contributed by atoms with Crippen molar-refractivity contribution in [2.75, 3.05) is 6.54 Å². The van der Waals surface area contributed by atoms with Crippen LogP contribution in [0.15, 0.2) is 78.9 Å². The van der Waals surface area contributed by atoms with Crippen molar-refractivity contribution >= 4 is 34.4 Å². The molecule has 2 amide bonds. The summed E-state index contributed by atoms with van der Waals surface area (Å²) >= 11 is 6.14. The summed E-state index contributed by atoms with van der Waals surface area (Å²) in [5.41, 5.74) is 3.25. The number of carbonyl (C=O) groups is 2. The molecule has 0 spiro atoms. The number of nitrogens with zero attached hydrogens (tertiary/aromatic N) is 3. The molecule has 0 fully saturated rings. The molecular weight excluding hydrogens is 460 g/mol. The van der Waals surface area contributed by atoms with Gasteiger partial charge in [-0.2, -0.15) is 0 Å². The molecule has 0 aliphatic heterocycles. The third-order valence-electron chi connectivity index (χ3n) is 5.92. The monoisotopic (exact) mass is 488 g/mol. The van der Waals surface area contributed by atoms with Crippen LogP contribution in [0, 0.1) is 0 Å². The number of carbonyl (C=O) groups excluding carboxylic acids is 2. The maximum atomic E-state index is 13.4. The standard InChI is InChI=1S/C28H29ClN4O2/c1-20(2)32(18-21-10-4-3-5-11-21)27(34)19-33-25-15-9-8-14-24(25)31-26(33)16-17-30-28(35)22-12-6-7-13-23(22)29/h3-15,20H,16-19H2,1-2H3,(H,30,35). The highest BCUT2D eigenvalue weighted by molar-refractivity contribution is 6.33. The Morgan fingerprint density at radius 3 is 2.40 bits per heavy atom. The van der Waals surface area contributed by atoms with E-state index in [4.69, 9.17) is 16.6 Å². The number of benzene rings is 3. The average Bonchev–Trinajstić information content (AvgIpc) is 3.20. The van der Waals surface area contributed by atoms with Crippen LogP contribution >= 0.6 is 11.6 Å². The minimum atomic E-state index is -0.233. The van der Waals surface area contributed by atoms with Crippen LogP contribution in [0.3, 0.4) is 0 Å². The van der Waals surface area contributed by atoms with E-state index in [2.05, 4.69) is 5.32 Å². The SMILES string of the molecule is CC(C)N(Cc1ccccc1)C(=O)Cn1c(CCNC(=O)c2ccccc2Cl)nc2ccccc21. The molecule has 0 atom stereocenters. The number of halogens is 1. The summed E-state index contributed by atoms with van der Waals surface area (Å²) in [7, 11) is 0. The molecule has 1 heterocycles. The molecule has 0 saturated carbocycles. The number of hydrogen-bond donors (Lipinski definition) is 1. The molecule has 3 aromatic carbocycles. The minimum Gasteiger partial charge on any atom is -0.352 e. The Morgan fingerprint density at radius 2 is 1.66 bits per heavy atom. The van der Waals surface area contributed by atoms with Gasteiger partial charge in [-0.25, -0.2) is 4.98 Å². The predicted molar refractivity (Wildman–Crippen MR) is 139 cm³/mol. The van der Waals surface area contributed by atoms with Crippen LogP contribution in [0.2, 0.25) is 5.02 Å². The summed E-state index contributed by atoms with van der Waals surface area (Å²) in [5.74, 6) is 0.541. The molecule has 0 saturated heterocycles. The smallest absolute Gasteiger partial charge is 0.252 e. The Labute approximate surface area is 210 Å². The molecule has 6 nitrogen and oxygen atoms in total. The normalized spacial score (nSPS) is 11.1. The molecule has 7 heteroatoms. The molecule has 35 heavy (non-hydrogen) atoms. The number of rotatable bonds is 9. The van der Waals surface area contributed by atoms with Crippen molar-refractivity contribution in [1.29, 1.82) is 0 Å². The van der Waals surface area contributed by atoms with Gasteiger partial charge < -0.3 is 14.8 Å². The van der Waals surface area contributed by atoms with Crippen molar-refractivity contribution < 1.29 is 9.59 Å². The molecule has 0 bridgehead atoms. The lowest BCUT2D eigenvalue weighted by atomic mass is 10.2. The van der Waals surface area contributed by atoms with E-state index in [9.17, 15) is 9.59 Å². The molecule has 4 rings (SSSR count). The minimum absolute atomic E-state index is 0.0216. The van der Waals surface area contributed by atoms with E-state index in [1.807, 2.05) is 77.9 Å². The van der Waals surface area contributed by atoms with Gasteiger partial charge in [0, 0.05) is 25.6 Å². The van der Waals surface area contributed by atoms with Gasteiger partial charge in [-0.1, -0.05) is 66.2 Å². The first kappa shape index (κ1) is 24.5. The second-order valence-corrected chi connectivity index (χ2v) is 9.10. The van der Waals surface area contributed by atoms with Crippen LogP contribution in [0.1, 0.15) is 35.6 Å². The number of nitrogens with one attached hydrogen (secondary N) is 1. The van der Waals surface area contributed by atoms with E-state index in [1.54, 1.807) is 24.3 Å². The zero-order valence-corrected chi connectivity index (χ0v) is 20.7. The van der Waals surface area contributed by atoms with Crippen LogP contribution in [0.5, 0.6) is 0 Å². The lowest BCUT2D eigenvalue weighted by molar-refractivity contribution is -0.134. The van der Waals surface area contributed by atoms with Gasteiger partial charge in [0.1, 0.15) is 12.4 Å². The molecule has 0 aliphatic rings. The van der Waals surface area contributed by atoms with Crippen LogP contribution in [-0.2, 0) is 24.3 Å². The molecule has 0 aliphatic carbocycles. The predicted octanol–water partition coefficient (Wildman–Crippen LogP) is 5.10. The van der Waals surface area contributed by atoms with Crippen LogP contribution in [0.25, 0.3) is 11.0 Å². The van der Waals surface area contributed by atoms with Crippen molar-refractivity contribution in [2.45, 2.75) is 39.4 Å². The van der Waals surface area contributed by atoms with Crippen LogP contribution in [-0.4, -0.2) is 38.9 Å². The second kappa shape index (κ2) is 11.2. The fourth-order valence-corrected chi connectivity index (χ4v) is 4.31. The first-order chi connectivity index (χ1) is 16.9. The highest BCUT2D eigenvalue weighted by Crippen LogP contribution is 2.19. The van der Waals surface area contributed by atoms with Gasteiger partial charge in [0.15, 0.2) is 0 Å². The fraction of sp³-hybridized carbons (Fsp3) is 0.250. The van der Waals surface area contributed by atoms with E-state index >= 15 is 0 Å². The molecule has 1 aromatic heterocycles. The summed E-state index contributed by atoms with van der Waals surface area (Å²) in [5, 5.41) is 3.33. The largest absolute Gasteiger partial charge is 0.352 e. The zero-order chi connectivity index (χ0) is 24.8. The van der Waals surface area contributed by atoms with Gasteiger partial charge in [0.2, 0.25) is 5.91 Å². The van der Waals surface area contributed by atoms with Gasteiger partial charge >= 0.3 is 0 Å². The fourth-order valence-electron chi connectivity index (χ4n) is 4.09. The highest BCUT2D eigenvalue weighted by atomic mass is 35.5. The Balaban J connectivity index is 1.51. The van der Waals surface area contributed by atoms with Crippen molar-refractivity contribution in [1.82, 2.24) is 19.8 Å².